The van der Waals surface area contributed by atoms with Crippen LogP contribution < -0.4 is 5.48 Å². The lowest BCUT2D eigenvalue weighted by Gasteiger charge is -2.31. The van der Waals surface area contributed by atoms with E-state index >= 15 is 0 Å². The predicted octanol–water partition coefficient (Wildman–Crippen LogP) is 1.75. The first-order valence-corrected chi connectivity index (χ1v) is 7.18. The molecule has 3 aliphatic heterocycles. The molecule has 0 spiro atoms. The minimum atomic E-state index is -0.349. The third-order valence-electron chi connectivity index (χ3n) is 4.02. The number of ether oxygens (including phenoxy) is 3. The van der Waals surface area contributed by atoms with Crippen LogP contribution in [0, 0.1) is 0 Å². The van der Waals surface area contributed by atoms with Crippen molar-refractivity contribution in [2.75, 3.05) is 25.3 Å². The highest BCUT2D eigenvalue weighted by Crippen LogP contribution is 2.41. The lowest BCUT2D eigenvalue weighted by Crippen LogP contribution is -2.43. The van der Waals surface area contributed by atoms with Gasteiger partial charge in [0.2, 0.25) is 0 Å². The Balaban J connectivity index is 1.46. The van der Waals surface area contributed by atoms with Crippen molar-refractivity contribution in [3.8, 4) is 0 Å². The lowest BCUT2D eigenvalue weighted by molar-refractivity contribution is -0.0550. The summed E-state index contributed by atoms with van der Waals surface area (Å²) >= 11 is 0. The molecule has 0 bridgehead atoms. The standard InChI is InChI=1S/C15H19NO4/c1-2-4-11(5-3-1)16-20-15(14-10-19-14,6-12-8-17-12)7-13-9-18-13/h1-5,12-14,16H,6-10H2. The minimum Gasteiger partial charge on any atom is -0.373 e. The first-order chi connectivity index (χ1) is 9.84. The molecule has 3 fully saturated rings. The largest absolute Gasteiger partial charge is 0.373 e. The highest BCUT2D eigenvalue weighted by molar-refractivity contribution is 5.40. The fourth-order valence-corrected chi connectivity index (χ4v) is 2.66. The van der Waals surface area contributed by atoms with E-state index in [0.29, 0.717) is 12.2 Å². The maximum Gasteiger partial charge on any atom is 0.129 e. The van der Waals surface area contributed by atoms with Crippen LogP contribution in [0.1, 0.15) is 12.8 Å². The Bertz CT molecular complexity index is 440. The average Bonchev–Trinajstić information content (AvgIpc) is 3.30. The Morgan fingerprint density at radius 2 is 1.60 bits per heavy atom. The molecule has 0 aliphatic carbocycles. The van der Waals surface area contributed by atoms with Crippen molar-refractivity contribution >= 4 is 5.69 Å². The molecule has 0 radical (unpaired) electrons. The van der Waals surface area contributed by atoms with Crippen molar-refractivity contribution in [1.29, 1.82) is 0 Å². The zero-order chi connectivity index (χ0) is 13.4. The third-order valence-corrected chi connectivity index (χ3v) is 4.02. The second-order valence-electron chi connectivity index (χ2n) is 5.78. The van der Waals surface area contributed by atoms with Crippen molar-refractivity contribution in [2.45, 2.75) is 36.8 Å². The van der Waals surface area contributed by atoms with E-state index in [4.69, 9.17) is 19.0 Å². The van der Waals surface area contributed by atoms with Gasteiger partial charge < -0.3 is 14.2 Å². The van der Waals surface area contributed by atoms with E-state index in [-0.39, 0.29) is 11.7 Å². The van der Waals surface area contributed by atoms with E-state index in [9.17, 15) is 0 Å². The van der Waals surface area contributed by atoms with Crippen LogP contribution >= 0.6 is 0 Å². The van der Waals surface area contributed by atoms with Gasteiger partial charge in [-0.15, -0.1) is 0 Å². The Hall–Kier alpha value is -1.14. The van der Waals surface area contributed by atoms with Gasteiger partial charge in [0, 0.05) is 12.8 Å². The zero-order valence-electron chi connectivity index (χ0n) is 11.3. The second kappa shape index (κ2) is 5.00. The third kappa shape index (κ3) is 2.96. The molecule has 1 aromatic carbocycles. The molecule has 0 saturated carbocycles. The molecule has 3 heterocycles. The van der Waals surface area contributed by atoms with E-state index in [1.54, 1.807) is 0 Å². The van der Waals surface area contributed by atoms with Crippen molar-refractivity contribution in [3.05, 3.63) is 30.3 Å². The predicted molar refractivity (Wildman–Crippen MR) is 72.3 cm³/mol. The highest BCUT2D eigenvalue weighted by atomic mass is 16.7. The molecule has 5 nitrogen and oxygen atoms in total. The van der Waals surface area contributed by atoms with Gasteiger partial charge >= 0.3 is 0 Å². The van der Waals surface area contributed by atoms with Crippen molar-refractivity contribution in [3.63, 3.8) is 0 Å². The Kier molecular flexibility index (Phi) is 3.15. The van der Waals surface area contributed by atoms with Crippen LogP contribution in [0.15, 0.2) is 30.3 Å². The number of para-hydroxylation sites is 1. The zero-order valence-corrected chi connectivity index (χ0v) is 11.3. The van der Waals surface area contributed by atoms with Crippen molar-refractivity contribution < 1.29 is 19.0 Å². The number of anilines is 1. The van der Waals surface area contributed by atoms with Gasteiger partial charge in [0.05, 0.1) is 37.7 Å². The average molecular weight is 277 g/mol. The number of hydrogen-bond acceptors (Lipinski definition) is 5. The molecular weight excluding hydrogens is 258 g/mol. The molecule has 1 N–H and O–H groups in total. The van der Waals surface area contributed by atoms with E-state index in [0.717, 1.165) is 38.3 Å². The number of hydrogen-bond donors (Lipinski definition) is 1. The smallest absolute Gasteiger partial charge is 0.129 e. The number of rotatable bonds is 8. The van der Waals surface area contributed by atoms with Crippen LogP contribution in [0.25, 0.3) is 0 Å². The summed E-state index contributed by atoms with van der Waals surface area (Å²) in [4.78, 5) is 6.11. The number of epoxide rings is 3. The number of nitrogens with one attached hydrogen (secondary N) is 1. The quantitative estimate of drug-likeness (QED) is 0.579. The Morgan fingerprint density at radius 3 is 2.10 bits per heavy atom. The van der Waals surface area contributed by atoms with Gasteiger partial charge in [0.25, 0.3) is 0 Å². The van der Waals surface area contributed by atoms with Crippen LogP contribution in [0.3, 0.4) is 0 Å². The molecule has 3 saturated heterocycles. The monoisotopic (exact) mass is 277 g/mol. The Labute approximate surface area is 118 Å². The summed E-state index contributed by atoms with van der Waals surface area (Å²) in [5.41, 5.74) is 3.68. The molecule has 1 aromatic rings. The van der Waals surface area contributed by atoms with Gasteiger partial charge in [0.15, 0.2) is 0 Å². The molecule has 4 rings (SSSR count). The highest BCUT2D eigenvalue weighted by Gasteiger charge is 2.54. The Morgan fingerprint density at radius 1 is 1.00 bits per heavy atom. The summed E-state index contributed by atoms with van der Waals surface area (Å²) in [6.07, 6.45) is 2.47. The van der Waals surface area contributed by atoms with Crippen LogP contribution in [0.2, 0.25) is 0 Å². The van der Waals surface area contributed by atoms with Gasteiger partial charge in [-0.1, -0.05) is 18.2 Å². The summed E-state index contributed by atoms with van der Waals surface area (Å²) in [5.74, 6) is 0. The molecule has 3 aliphatic rings. The van der Waals surface area contributed by atoms with E-state index in [2.05, 4.69) is 5.48 Å². The normalized spacial score (nSPS) is 33.3. The summed E-state index contributed by atoms with van der Waals surface area (Å²) in [5, 5.41) is 0. The van der Waals surface area contributed by atoms with E-state index < -0.39 is 0 Å². The van der Waals surface area contributed by atoms with Crippen molar-refractivity contribution in [2.24, 2.45) is 0 Å². The lowest BCUT2D eigenvalue weighted by atomic mass is 9.89. The summed E-state index contributed by atoms with van der Waals surface area (Å²) in [6.45, 7) is 2.42. The molecule has 5 heteroatoms. The van der Waals surface area contributed by atoms with Crippen LogP contribution in [-0.2, 0) is 19.0 Å². The first kappa shape index (κ1) is 12.6. The van der Waals surface area contributed by atoms with Crippen molar-refractivity contribution in [1.82, 2.24) is 0 Å². The van der Waals surface area contributed by atoms with Gasteiger partial charge in [-0.25, -0.2) is 0 Å². The summed E-state index contributed by atoms with van der Waals surface area (Å²) in [7, 11) is 0. The SMILES string of the molecule is c1ccc(NOC(CC2CO2)(CC2CO2)C2CO2)cc1. The van der Waals surface area contributed by atoms with Gasteiger partial charge in [-0.05, 0) is 12.1 Å². The second-order valence-corrected chi connectivity index (χ2v) is 5.78. The van der Waals surface area contributed by atoms with Crippen LogP contribution in [0.5, 0.6) is 0 Å². The summed E-state index contributed by atoms with van der Waals surface area (Å²) in [6, 6.07) is 9.92. The van der Waals surface area contributed by atoms with Crippen LogP contribution in [-0.4, -0.2) is 43.7 Å². The maximum atomic E-state index is 6.11. The fraction of sp³-hybridized carbons (Fsp3) is 0.600. The molecule has 108 valence electrons. The molecule has 3 atom stereocenters. The van der Waals surface area contributed by atoms with E-state index in [1.165, 1.54) is 0 Å². The maximum absolute atomic E-state index is 6.11. The molecule has 0 amide bonds. The van der Waals surface area contributed by atoms with Gasteiger partial charge in [-0.2, -0.15) is 0 Å². The van der Waals surface area contributed by atoms with E-state index in [1.807, 2.05) is 30.3 Å². The summed E-state index contributed by atoms with van der Waals surface area (Å²) < 4.78 is 16.3. The first-order valence-electron chi connectivity index (χ1n) is 7.18. The fourth-order valence-electron chi connectivity index (χ4n) is 2.66. The topological polar surface area (TPSA) is 58.9 Å². The minimum absolute atomic E-state index is 0.145. The van der Waals surface area contributed by atoms with Crippen LogP contribution in [0.4, 0.5) is 5.69 Å². The molecule has 20 heavy (non-hydrogen) atoms. The molecular formula is C15H19NO4. The molecule has 0 aromatic heterocycles. The molecule has 3 unspecified atom stereocenters. The number of benzene rings is 1. The van der Waals surface area contributed by atoms with Gasteiger partial charge in [-0.3, -0.25) is 10.3 Å². The van der Waals surface area contributed by atoms with Gasteiger partial charge in [0.1, 0.15) is 11.7 Å².